The van der Waals surface area contributed by atoms with Gasteiger partial charge in [0.1, 0.15) is 0 Å². The van der Waals surface area contributed by atoms with E-state index in [2.05, 4.69) is 13.8 Å². The lowest BCUT2D eigenvalue weighted by Gasteiger charge is -2.14. The number of unbranched alkanes of at least 4 members (excludes halogenated alkanes) is 22. The van der Waals surface area contributed by atoms with Crippen molar-refractivity contribution in [3.63, 3.8) is 0 Å². The molecule has 226 valence electrons. The minimum Gasteiger partial charge on any atom is -0.490 e. The second-order valence-electron chi connectivity index (χ2n) is 11.4. The molecular formula is C35H62O4. The van der Waals surface area contributed by atoms with Gasteiger partial charge in [0.05, 0.1) is 18.8 Å². The van der Waals surface area contributed by atoms with E-state index in [0.29, 0.717) is 24.7 Å². The lowest BCUT2D eigenvalue weighted by atomic mass is 10.1. The van der Waals surface area contributed by atoms with Crippen molar-refractivity contribution in [3.05, 3.63) is 23.8 Å². The van der Waals surface area contributed by atoms with E-state index in [0.717, 1.165) is 19.3 Å². The number of hydrogen-bond acceptors (Lipinski definition) is 3. The van der Waals surface area contributed by atoms with Crippen LogP contribution in [0.3, 0.4) is 0 Å². The van der Waals surface area contributed by atoms with Gasteiger partial charge in [0.2, 0.25) is 0 Å². The predicted molar refractivity (Wildman–Crippen MR) is 167 cm³/mol. The zero-order valence-corrected chi connectivity index (χ0v) is 25.8. The Labute approximate surface area is 241 Å². The molecule has 0 bridgehead atoms. The second-order valence-corrected chi connectivity index (χ2v) is 11.4. The summed E-state index contributed by atoms with van der Waals surface area (Å²) in [4.78, 5) is 11.4. The SMILES string of the molecule is CCCCCCCCCCCCCCOc1ccc(C(=O)O)cc1OCCCCCCCCCCCCCC. The third-order valence-electron chi connectivity index (χ3n) is 7.70. The van der Waals surface area contributed by atoms with Crippen LogP contribution in [0.1, 0.15) is 178 Å². The number of aromatic carboxylic acids is 1. The number of carboxylic acids is 1. The Morgan fingerprint density at radius 2 is 0.846 bits per heavy atom. The van der Waals surface area contributed by atoms with Crippen LogP contribution in [-0.4, -0.2) is 24.3 Å². The molecule has 1 N–H and O–H groups in total. The van der Waals surface area contributed by atoms with Gasteiger partial charge in [-0.25, -0.2) is 4.79 Å². The van der Waals surface area contributed by atoms with Crippen LogP contribution in [0.5, 0.6) is 11.5 Å². The van der Waals surface area contributed by atoms with Crippen LogP contribution in [0, 0.1) is 0 Å². The smallest absolute Gasteiger partial charge is 0.335 e. The van der Waals surface area contributed by atoms with Gasteiger partial charge in [-0.2, -0.15) is 0 Å². The van der Waals surface area contributed by atoms with Gasteiger partial charge in [0.15, 0.2) is 11.5 Å². The number of benzene rings is 1. The van der Waals surface area contributed by atoms with Gasteiger partial charge in [-0.05, 0) is 31.0 Å². The lowest BCUT2D eigenvalue weighted by molar-refractivity contribution is 0.0696. The Bertz CT molecular complexity index is 687. The van der Waals surface area contributed by atoms with E-state index in [1.165, 1.54) is 135 Å². The summed E-state index contributed by atoms with van der Waals surface area (Å²) in [5, 5.41) is 9.39. The van der Waals surface area contributed by atoms with Gasteiger partial charge < -0.3 is 14.6 Å². The van der Waals surface area contributed by atoms with Crippen LogP contribution in [0.2, 0.25) is 0 Å². The Morgan fingerprint density at radius 1 is 0.513 bits per heavy atom. The summed E-state index contributed by atoms with van der Waals surface area (Å²) in [6, 6.07) is 4.97. The van der Waals surface area contributed by atoms with E-state index in [-0.39, 0.29) is 5.56 Å². The first-order valence-corrected chi connectivity index (χ1v) is 16.8. The standard InChI is InChI=1S/C35H62O4/c1-3-5-7-9-11-13-15-17-19-21-23-25-29-38-33-28-27-32(35(36)37)31-34(33)39-30-26-24-22-20-18-16-14-12-10-8-6-4-2/h27-28,31H,3-26,29-30H2,1-2H3,(H,36,37). The molecule has 0 radical (unpaired) electrons. The molecular weight excluding hydrogens is 484 g/mol. The van der Waals surface area contributed by atoms with Gasteiger partial charge in [0, 0.05) is 0 Å². The Morgan fingerprint density at radius 3 is 1.21 bits per heavy atom. The third kappa shape index (κ3) is 20.8. The van der Waals surface area contributed by atoms with Crippen molar-refractivity contribution in [2.45, 2.75) is 168 Å². The van der Waals surface area contributed by atoms with Crippen molar-refractivity contribution in [2.75, 3.05) is 13.2 Å². The van der Waals surface area contributed by atoms with E-state index >= 15 is 0 Å². The summed E-state index contributed by atoms with van der Waals surface area (Å²) in [7, 11) is 0. The maximum atomic E-state index is 11.4. The van der Waals surface area contributed by atoms with Crippen molar-refractivity contribution in [1.82, 2.24) is 0 Å². The van der Waals surface area contributed by atoms with Gasteiger partial charge in [-0.15, -0.1) is 0 Å². The average molecular weight is 547 g/mol. The highest BCUT2D eigenvalue weighted by molar-refractivity contribution is 5.88. The maximum Gasteiger partial charge on any atom is 0.335 e. The molecule has 0 aromatic heterocycles. The van der Waals surface area contributed by atoms with E-state index in [9.17, 15) is 9.90 Å². The van der Waals surface area contributed by atoms with Crippen molar-refractivity contribution >= 4 is 5.97 Å². The molecule has 0 spiro atoms. The first-order valence-electron chi connectivity index (χ1n) is 16.8. The third-order valence-corrected chi connectivity index (χ3v) is 7.70. The van der Waals surface area contributed by atoms with Gasteiger partial charge in [0.25, 0.3) is 0 Å². The highest BCUT2D eigenvalue weighted by Crippen LogP contribution is 2.29. The maximum absolute atomic E-state index is 11.4. The molecule has 0 amide bonds. The Kier molecular flexibility index (Phi) is 24.0. The quantitative estimate of drug-likeness (QED) is 0.102. The fraction of sp³-hybridized carbons (Fsp3) is 0.800. The largest absolute Gasteiger partial charge is 0.490 e. The summed E-state index contributed by atoms with van der Waals surface area (Å²) in [6.45, 7) is 5.80. The first kappa shape index (κ1) is 35.3. The molecule has 0 saturated carbocycles. The molecule has 0 saturated heterocycles. The summed E-state index contributed by atoms with van der Waals surface area (Å²) in [5.74, 6) is 0.302. The normalized spacial score (nSPS) is 11.1. The van der Waals surface area contributed by atoms with E-state index < -0.39 is 5.97 Å². The summed E-state index contributed by atoms with van der Waals surface area (Å²) < 4.78 is 12.0. The molecule has 0 aliphatic rings. The molecule has 1 aromatic carbocycles. The first-order chi connectivity index (χ1) is 19.2. The Hall–Kier alpha value is -1.71. The monoisotopic (exact) mass is 546 g/mol. The number of hydrogen-bond donors (Lipinski definition) is 1. The van der Waals surface area contributed by atoms with E-state index in [4.69, 9.17) is 9.47 Å². The van der Waals surface area contributed by atoms with Crippen LogP contribution < -0.4 is 9.47 Å². The van der Waals surface area contributed by atoms with Crippen LogP contribution in [0.4, 0.5) is 0 Å². The van der Waals surface area contributed by atoms with Gasteiger partial charge in [-0.1, -0.05) is 155 Å². The molecule has 0 unspecified atom stereocenters. The van der Waals surface area contributed by atoms with Crippen molar-refractivity contribution in [2.24, 2.45) is 0 Å². The van der Waals surface area contributed by atoms with Gasteiger partial charge >= 0.3 is 5.97 Å². The molecule has 4 nitrogen and oxygen atoms in total. The number of ether oxygens (including phenoxy) is 2. The number of carboxylic acid groups (broad SMARTS) is 1. The number of carbonyl (C=O) groups is 1. The summed E-state index contributed by atoms with van der Waals surface area (Å²) in [5.41, 5.74) is 0.248. The lowest BCUT2D eigenvalue weighted by Crippen LogP contribution is -2.05. The molecule has 4 heteroatoms. The fourth-order valence-corrected chi connectivity index (χ4v) is 5.12. The van der Waals surface area contributed by atoms with Crippen LogP contribution in [-0.2, 0) is 0 Å². The second kappa shape index (κ2) is 26.5. The van der Waals surface area contributed by atoms with Crippen molar-refractivity contribution < 1.29 is 19.4 Å². The van der Waals surface area contributed by atoms with Crippen molar-refractivity contribution in [3.8, 4) is 11.5 Å². The molecule has 1 aromatic rings. The summed E-state index contributed by atoms with van der Waals surface area (Å²) >= 11 is 0. The predicted octanol–water partition coefficient (Wildman–Crippen LogP) is 11.5. The van der Waals surface area contributed by atoms with E-state index in [1.807, 2.05) is 0 Å². The molecule has 0 atom stereocenters. The fourth-order valence-electron chi connectivity index (χ4n) is 5.12. The molecule has 0 fully saturated rings. The summed E-state index contributed by atoms with van der Waals surface area (Å²) in [6.07, 6.45) is 31.5. The number of rotatable bonds is 29. The topological polar surface area (TPSA) is 55.8 Å². The van der Waals surface area contributed by atoms with Crippen molar-refractivity contribution in [1.29, 1.82) is 0 Å². The molecule has 0 aliphatic heterocycles. The molecule has 0 aliphatic carbocycles. The molecule has 1 rings (SSSR count). The molecule has 0 heterocycles. The average Bonchev–Trinajstić information content (AvgIpc) is 2.94. The van der Waals surface area contributed by atoms with Crippen LogP contribution in [0.15, 0.2) is 18.2 Å². The van der Waals surface area contributed by atoms with Crippen LogP contribution >= 0.6 is 0 Å². The van der Waals surface area contributed by atoms with Gasteiger partial charge in [-0.3, -0.25) is 0 Å². The minimum atomic E-state index is -0.933. The van der Waals surface area contributed by atoms with Crippen LogP contribution in [0.25, 0.3) is 0 Å². The highest BCUT2D eigenvalue weighted by atomic mass is 16.5. The highest BCUT2D eigenvalue weighted by Gasteiger charge is 2.11. The minimum absolute atomic E-state index is 0.248. The van der Waals surface area contributed by atoms with E-state index in [1.54, 1.807) is 18.2 Å². The zero-order valence-electron chi connectivity index (χ0n) is 25.8. The zero-order chi connectivity index (χ0) is 28.2. The molecule has 39 heavy (non-hydrogen) atoms. The Balaban J connectivity index is 2.14.